The van der Waals surface area contributed by atoms with E-state index in [0.29, 0.717) is 17.3 Å². The van der Waals surface area contributed by atoms with E-state index in [1.54, 1.807) is 24.3 Å². The Balaban J connectivity index is 1.90. The highest BCUT2D eigenvalue weighted by Crippen LogP contribution is 2.31. The van der Waals surface area contributed by atoms with E-state index in [4.69, 9.17) is 16.4 Å². The smallest absolute Gasteiger partial charge is 0.321 e. The van der Waals surface area contributed by atoms with Gasteiger partial charge in [0.05, 0.1) is 15.9 Å². The summed E-state index contributed by atoms with van der Waals surface area (Å²) in [6.45, 7) is 2.39. The number of hydrogen-bond acceptors (Lipinski definition) is 7. The van der Waals surface area contributed by atoms with Gasteiger partial charge in [0.25, 0.3) is 5.69 Å². The molecule has 1 aliphatic rings. The highest BCUT2D eigenvalue weighted by molar-refractivity contribution is 6.30. The van der Waals surface area contributed by atoms with Crippen molar-refractivity contribution in [2.75, 3.05) is 19.6 Å². The van der Waals surface area contributed by atoms with Crippen LogP contribution in [0.25, 0.3) is 0 Å². The van der Waals surface area contributed by atoms with Crippen molar-refractivity contribution in [1.82, 2.24) is 4.90 Å². The summed E-state index contributed by atoms with van der Waals surface area (Å²) in [4.78, 5) is 28.2. The second kappa shape index (κ2) is 8.77. The van der Waals surface area contributed by atoms with Crippen molar-refractivity contribution in [2.24, 2.45) is 5.16 Å². The molecule has 0 aromatic heterocycles. The maximum atomic E-state index is 11.3. The quantitative estimate of drug-likeness (QED) is 0.391. The maximum absolute atomic E-state index is 11.3. The molecule has 0 radical (unpaired) electrons. The molecule has 28 heavy (non-hydrogen) atoms. The number of benzene rings is 2. The molecule has 10 heteroatoms. The summed E-state index contributed by atoms with van der Waals surface area (Å²) in [5.41, 5.74) is 0.458. The summed E-state index contributed by atoms with van der Waals surface area (Å²) in [7, 11) is 0. The molecule has 0 amide bonds. The van der Waals surface area contributed by atoms with E-state index in [1.165, 1.54) is 6.07 Å². The lowest BCUT2D eigenvalue weighted by molar-refractivity contribution is -0.394. The first-order valence-electron chi connectivity index (χ1n) is 8.59. The van der Waals surface area contributed by atoms with Crippen LogP contribution in [-0.4, -0.2) is 40.1 Å². The zero-order valence-corrected chi connectivity index (χ0v) is 15.5. The largest absolute Gasteiger partial charge is 0.349 e. The van der Waals surface area contributed by atoms with Crippen LogP contribution < -0.4 is 4.84 Å². The molecule has 2 aromatic carbocycles. The van der Waals surface area contributed by atoms with Gasteiger partial charge in [-0.25, -0.2) is 0 Å². The van der Waals surface area contributed by atoms with Crippen LogP contribution in [0.2, 0.25) is 5.02 Å². The van der Waals surface area contributed by atoms with Crippen molar-refractivity contribution in [2.45, 2.75) is 12.8 Å². The van der Waals surface area contributed by atoms with Gasteiger partial charge in [0, 0.05) is 23.2 Å². The van der Waals surface area contributed by atoms with E-state index in [1.807, 2.05) is 0 Å². The van der Waals surface area contributed by atoms with E-state index >= 15 is 0 Å². The maximum Gasteiger partial charge on any atom is 0.321 e. The minimum Gasteiger partial charge on any atom is -0.349 e. The third-order valence-corrected chi connectivity index (χ3v) is 4.61. The molecule has 1 fully saturated rings. The van der Waals surface area contributed by atoms with Crippen molar-refractivity contribution in [3.8, 4) is 5.75 Å². The van der Waals surface area contributed by atoms with Crippen LogP contribution in [0.15, 0.2) is 47.6 Å². The lowest BCUT2D eigenvalue weighted by atomic mass is 10.1. The van der Waals surface area contributed by atoms with Gasteiger partial charge in [0.1, 0.15) is 5.71 Å². The molecule has 1 aliphatic heterocycles. The number of rotatable bonds is 7. The van der Waals surface area contributed by atoms with Gasteiger partial charge in [-0.15, -0.1) is 0 Å². The molecule has 0 N–H and O–H groups in total. The summed E-state index contributed by atoms with van der Waals surface area (Å²) in [6.07, 6.45) is 2.20. The van der Waals surface area contributed by atoms with Crippen LogP contribution in [-0.2, 0) is 0 Å². The van der Waals surface area contributed by atoms with Crippen LogP contribution in [0.5, 0.6) is 5.75 Å². The fourth-order valence-electron chi connectivity index (χ4n) is 2.91. The van der Waals surface area contributed by atoms with Crippen molar-refractivity contribution < 1.29 is 14.7 Å². The normalized spacial score (nSPS) is 14.8. The van der Waals surface area contributed by atoms with E-state index in [-0.39, 0.29) is 5.75 Å². The molecule has 0 spiro atoms. The lowest BCUT2D eigenvalue weighted by Gasteiger charge is -2.16. The summed E-state index contributed by atoms with van der Waals surface area (Å²) in [6, 6.07) is 10.2. The second-order valence-electron chi connectivity index (χ2n) is 6.29. The first-order valence-corrected chi connectivity index (χ1v) is 8.97. The standard InChI is InChI=1S/C18H17ClN4O5/c19-14-5-3-13(4-6-14)16(12-21-9-1-2-10-21)20-28-18-8-7-15(22(24)25)11-17(18)23(26)27/h3-8,11H,1-2,9-10,12H2. The van der Waals surface area contributed by atoms with E-state index < -0.39 is 21.2 Å². The Labute approximate surface area is 165 Å². The van der Waals surface area contributed by atoms with Gasteiger partial charge >= 0.3 is 5.69 Å². The molecule has 146 valence electrons. The van der Waals surface area contributed by atoms with Crippen molar-refractivity contribution in [3.05, 3.63) is 73.3 Å². The molecule has 2 aromatic rings. The SMILES string of the molecule is O=[N+]([O-])c1ccc(ON=C(CN2CCCC2)c2ccc(Cl)cc2)c([N+](=O)[O-])c1. The molecule has 3 rings (SSSR count). The van der Waals surface area contributed by atoms with Crippen molar-refractivity contribution in [3.63, 3.8) is 0 Å². The Morgan fingerprint density at radius 3 is 2.36 bits per heavy atom. The van der Waals surface area contributed by atoms with Crippen LogP contribution in [0.1, 0.15) is 18.4 Å². The van der Waals surface area contributed by atoms with Gasteiger partial charge in [-0.2, -0.15) is 0 Å². The van der Waals surface area contributed by atoms with E-state index in [9.17, 15) is 20.2 Å². The van der Waals surface area contributed by atoms with Gasteiger partial charge in [0.15, 0.2) is 0 Å². The minimum absolute atomic E-state index is 0.163. The average Bonchev–Trinajstić information content (AvgIpc) is 3.18. The number of hydrogen-bond donors (Lipinski definition) is 0. The molecule has 1 saturated heterocycles. The number of halogens is 1. The van der Waals surface area contributed by atoms with Gasteiger partial charge < -0.3 is 4.84 Å². The third kappa shape index (κ3) is 4.81. The number of non-ortho nitro benzene ring substituents is 1. The van der Waals surface area contributed by atoms with Crippen LogP contribution in [0.3, 0.4) is 0 Å². The number of likely N-dealkylation sites (tertiary alicyclic amines) is 1. The number of oxime groups is 1. The minimum atomic E-state index is -0.736. The predicted octanol–water partition coefficient (Wildman–Crippen LogP) is 4.04. The van der Waals surface area contributed by atoms with E-state index in [2.05, 4.69) is 10.1 Å². The van der Waals surface area contributed by atoms with Crippen LogP contribution in [0.4, 0.5) is 11.4 Å². The molecule has 1 heterocycles. The molecule has 0 saturated carbocycles. The molecule has 0 unspecified atom stereocenters. The van der Waals surface area contributed by atoms with Crippen LogP contribution >= 0.6 is 11.6 Å². The first-order chi connectivity index (χ1) is 13.4. The Kier molecular flexibility index (Phi) is 6.17. The summed E-state index contributed by atoms with van der Waals surface area (Å²) >= 11 is 5.94. The third-order valence-electron chi connectivity index (χ3n) is 4.35. The van der Waals surface area contributed by atoms with Gasteiger partial charge in [-0.3, -0.25) is 25.1 Å². The van der Waals surface area contributed by atoms with Gasteiger partial charge in [-0.05, 0) is 44.1 Å². The first kappa shape index (κ1) is 19.7. The molecular weight excluding hydrogens is 388 g/mol. The zero-order chi connectivity index (χ0) is 20.1. The van der Waals surface area contributed by atoms with Crippen molar-refractivity contribution in [1.29, 1.82) is 0 Å². The topological polar surface area (TPSA) is 111 Å². The molecule has 0 atom stereocenters. The fraction of sp³-hybridized carbons (Fsp3) is 0.278. The fourth-order valence-corrected chi connectivity index (χ4v) is 3.04. The monoisotopic (exact) mass is 404 g/mol. The van der Waals surface area contributed by atoms with E-state index in [0.717, 1.165) is 43.6 Å². The summed E-state index contributed by atoms with van der Waals surface area (Å²) < 4.78 is 0. The molecular formula is C18H17ClN4O5. The molecule has 0 bridgehead atoms. The average molecular weight is 405 g/mol. The number of nitro benzene ring substituents is 2. The van der Waals surface area contributed by atoms with Gasteiger partial charge in [0.2, 0.25) is 5.75 Å². The highest BCUT2D eigenvalue weighted by Gasteiger charge is 2.22. The summed E-state index contributed by atoms with van der Waals surface area (Å²) in [5.74, 6) is -0.163. The highest BCUT2D eigenvalue weighted by atomic mass is 35.5. The number of nitro groups is 2. The number of nitrogens with zero attached hydrogens (tertiary/aromatic N) is 4. The Morgan fingerprint density at radius 1 is 1.07 bits per heavy atom. The van der Waals surface area contributed by atoms with Gasteiger partial charge in [-0.1, -0.05) is 28.9 Å². The van der Waals surface area contributed by atoms with Crippen LogP contribution in [0, 0.1) is 20.2 Å². The Hall–Kier alpha value is -3.04. The van der Waals surface area contributed by atoms with Crippen molar-refractivity contribution >= 4 is 28.7 Å². The lowest BCUT2D eigenvalue weighted by Crippen LogP contribution is -2.28. The Morgan fingerprint density at radius 2 is 1.75 bits per heavy atom. The molecule has 0 aliphatic carbocycles. The molecule has 9 nitrogen and oxygen atoms in total. The second-order valence-corrected chi connectivity index (χ2v) is 6.72. The predicted molar refractivity (Wildman–Crippen MR) is 104 cm³/mol. The zero-order valence-electron chi connectivity index (χ0n) is 14.8. The Bertz CT molecular complexity index is 911. The summed E-state index contributed by atoms with van der Waals surface area (Å²) in [5, 5.41) is 26.8.